The Kier molecular flexibility index (Phi) is 9.20. The second-order valence-electron chi connectivity index (χ2n) is 7.90. The Bertz CT molecular complexity index is 1280. The van der Waals surface area contributed by atoms with Crippen LogP contribution >= 0.6 is 0 Å². The quantitative estimate of drug-likeness (QED) is 0.233. The van der Waals surface area contributed by atoms with E-state index in [1.165, 1.54) is 20.4 Å². The van der Waals surface area contributed by atoms with Crippen molar-refractivity contribution in [3.8, 4) is 17.2 Å². The van der Waals surface area contributed by atoms with E-state index in [0.717, 1.165) is 16.8 Å². The molecule has 0 heterocycles. The minimum absolute atomic E-state index is 0.211. The van der Waals surface area contributed by atoms with Gasteiger partial charge in [0.1, 0.15) is 5.75 Å². The third kappa shape index (κ3) is 7.56. The van der Waals surface area contributed by atoms with Crippen LogP contribution in [0, 0.1) is 13.8 Å². The summed E-state index contributed by atoms with van der Waals surface area (Å²) in [5, 5.41) is 9.13. The molecule has 37 heavy (non-hydrogen) atoms. The van der Waals surface area contributed by atoms with E-state index < -0.39 is 11.8 Å². The minimum Gasteiger partial charge on any atom is -0.497 e. The fourth-order valence-corrected chi connectivity index (χ4v) is 3.29. The number of methoxy groups -OCH3 is 2. The van der Waals surface area contributed by atoms with Crippen molar-refractivity contribution in [2.24, 2.45) is 5.10 Å². The van der Waals surface area contributed by atoms with Gasteiger partial charge in [0, 0.05) is 11.4 Å². The molecular weight excluding hydrogens is 476 g/mol. The Morgan fingerprint density at radius 1 is 0.838 bits per heavy atom. The van der Waals surface area contributed by atoms with Crippen molar-refractivity contribution in [2.45, 2.75) is 13.8 Å². The van der Waals surface area contributed by atoms with E-state index in [4.69, 9.17) is 14.2 Å². The molecule has 3 aromatic rings. The van der Waals surface area contributed by atoms with Crippen molar-refractivity contribution in [1.82, 2.24) is 5.43 Å². The van der Waals surface area contributed by atoms with Gasteiger partial charge in [-0.05, 0) is 73.0 Å². The van der Waals surface area contributed by atoms with Crippen LogP contribution in [0.1, 0.15) is 16.7 Å². The molecule has 3 N–H and O–H groups in total. The average Bonchev–Trinajstić information content (AvgIpc) is 2.90. The Morgan fingerprint density at radius 2 is 1.54 bits per heavy atom. The van der Waals surface area contributed by atoms with Crippen molar-refractivity contribution in [1.29, 1.82) is 0 Å². The molecule has 0 unspecified atom stereocenters. The maximum atomic E-state index is 12.4. The summed E-state index contributed by atoms with van der Waals surface area (Å²) in [4.78, 5) is 36.4. The number of carbonyl (C=O) groups excluding carboxylic acids is 3. The third-order valence-electron chi connectivity index (χ3n) is 5.23. The van der Waals surface area contributed by atoms with Crippen LogP contribution in [0.15, 0.2) is 65.8 Å². The lowest BCUT2D eigenvalue weighted by molar-refractivity contribution is -0.136. The van der Waals surface area contributed by atoms with Crippen LogP contribution in [-0.2, 0) is 14.4 Å². The van der Waals surface area contributed by atoms with E-state index in [9.17, 15) is 14.4 Å². The lowest BCUT2D eigenvalue weighted by Gasteiger charge is -2.13. The number of para-hydroxylation sites is 1. The maximum absolute atomic E-state index is 12.4. The van der Waals surface area contributed by atoms with Crippen molar-refractivity contribution in [2.75, 3.05) is 31.5 Å². The van der Waals surface area contributed by atoms with Gasteiger partial charge in [-0.25, -0.2) is 5.43 Å². The monoisotopic (exact) mass is 504 g/mol. The number of amides is 3. The summed E-state index contributed by atoms with van der Waals surface area (Å²) in [6.07, 6.45) is 1.35. The molecule has 0 aliphatic carbocycles. The van der Waals surface area contributed by atoms with Crippen LogP contribution in [0.5, 0.6) is 17.2 Å². The second-order valence-corrected chi connectivity index (χ2v) is 7.90. The highest BCUT2D eigenvalue weighted by atomic mass is 16.5. The van der Waals surface area contributed by atoms with Gasteiger partial charge in [-0.3, -0.25) is 14.4 Å². The zero-order chi connectivity index (χ0) is 26.8. The molecule has 192 valence electrons. The molecule has 0 aliphatic rings. The summed E-state index contributed by atoms with van der Waals surface area (Å²) in [6, 6.07) is 17.2. The van der Waals surface area contributed by atoms with Crippen LogP contribution in [0.4, 0.5) is 11.4 Å². The summed E-state index contributed by atoms with van der Waals surface area (Å²) in [6.45, 7) is 3.63. The normalized spacial score (nSPS) is 10.5. The molecular formula is C27H28N4O6. The molecule has 10 heteroatoms. The largest absolute Gasteiger partial charge is 0.497 e. The summed E-state index contributed by atoms with van der Waals surface area (Å²) in [5.41, 5.74) is 5.85. The van der Waals surface area contributed by atoms with Gasteiger partial charge < -0.3 is 24.8 Å². The van der Waals surface area contributed by atoms with Gasteiger partial charge in [-0.15, -0.1) is 0 Å². The van der Waals surface area contributed by atoms with Gasteiger partial charge in [-0.1, -0.05) is 18.2 Å². The van der Waals surface area contributed by atoms with Crippen molar-refractivity contribution < 1.29 is 28.6 Å². The van der Waals surface area contributed by atoms with E-state index in [2.05, 4.69) is 21.2 Å². The zero-order valence-electron chi connectivity index (χ0n) is 21.0. The van der Waals surface area contributed by atoms with Crippen LogP contribution in [0.3, 0.4) is 0 Å². The van der Waals surface area contributed by atoms with E-state index in [-0.39, 0.29) is 12.5 Å². The Balaban J connectivity index is 1.53. The predicted molar refractivity (Wildman–Crippen MR) is 140 cm³/mol. The van der Waals surface area contributed by atoms with Gasteiger partial charge in [-0.2, -0.15) is 5.10 Å². The molecule has 0 aromatic heterocycles. The summed E-state index contributed by atoms with van der Waals surface area (Å²) < 4.78 is 16.0. The summed E-state index contributed by atoms with van der Waals surface area (Å²) >= 11 is 0. The van der Waals surface area contributed by atoms with Gasteiger partial charge in [0.15, 0.2) is 18.1 Å². The predicted octanol–water partition coefficient (Wildman–Crippen LogP) is 3.43. The van der Waals surface area contributed by atoms with E-state index in [1.807, 2.05) is 32.0 Å². The average molecular weight is 505 g/mol. The molecule has 0 spiro atoms. The number of hydrazone groups is 1. The molecule has 0 atom stereocenters. The lowest BCUT2D eigenvalue weighted by Crippen LogP contribution is -2.32. The molecule has 3 aromatic carbocycles. The molecule has 0 saturated carbocycles. The number of anilines is 2. The van der Waals surface area contributed by atoms with Gasteiger partial charge in [0.05, 0.1) is 20.4 Å². The lowest BCUT2D eigenvalue weighted by atomic mass is 10.1. The molecule has 0 bridgehead atoms. The van der Waals surface area contributed by atoms with Crippen LogP contribution in [-0.4, -0.2) is 44.8 Å². The van der Waals surface area contributed by atoms with Gasteiger partial charge in [0.2, 0.25) is 0 Å². The van der Waals surface area contributed by atoms with Crippen molar-refractivity contribution in [3.63, 3.8) is 0 Å². The fourth-order valence-electron chi connectivity index (χ4n) is 3.29. The fraction of sp³-hybridized carbons (Fsp3) is 0.185. The first-order valence-corrected chi connectivity index (χ1v) is 11.3. The maximum Gasteiger partial charge on any atom is 0.329 e. The molecule has 3 amide bonds. The topological polar surface area (TPSA) is 127 Å². The number of hydrogen-bond acceptors (Lipinski definition) is 7. The first-order chi connectivity index (χ1) is 17.8. The number of ether oxygens (including phenoxy) is 3. The Hall–Kier alpha value is -4.86. The molecule has 0 fully saturated rings. The van der Waals surface area contributed by atoms with Crippen molar-refractivity contribution in [3.05, 3.63) is 77.4 Å². The first kappa shape index (κ1) is 26.7. The molecule has 0 aliphatic heterocycles. The van der Waals surface area contributed by atoms with Crippen LogP contribution in [0.2, 0.25) is 0 Å². The molecule has 0 saturated heterocycles. The smallest absolute Gasteiger partial charge is 0.329 e. The summed E-state index contributed by atoms with van der Waals surface area (Å²) in [7, 11) is 2.99. The number of nitrogens with zero attached hydrogens (tertiary/aromatic N) is 1. The number of hydrogen-bond donors (Lipinski definition) is 3. The Morgan fingerprint density at radius 3 is 2.19 bits per heavy atom. The highest BCUT2D eigenvalue weighted by Gasteiger charge is 2.13. The van der Waals surface area contributed by atoms with Gasteiger partial charge >= 0.3 is 11.8 Å². The van der Waals surface area contributed by atoms with E-state index in [0.29, 0.717) is 28.5 Å². The molecule has 0 radical (unpaired) electrons. The standard InChI is InChI=1S/C27H28N4O6/c1-17-6-5-7-18(2)25(17)30-24(32)16-37-22-13-8-19(14-23(22)36-4)15-28-31-27(34)26(33)29-20-9-11-21(35-3)12-10-20/h5-15H,16H2,1-4H3,(H,29,33)(H,30,32)(H,31,34)/b28-15+. The molecule has 3 rings (SSSR count). The number of benzene rings is 3. The highest BCUT2D eigenvalue weighted by Crippen LogP contribution is 2.28. The zero-order valence-corrected chi connectivity index (χ0v) is 21.0. The molecule has 10 nitrogen and oxygen atoms in total. The highest BCUT2D eigenvalue weighted by molar-refractivity contribution is 6.39. The SMILES string of the molecule is COc1ccc(NC(=O)C(=O)N/N=C/c2ccc(OCC(=O)Nc3c(C)cccc3C)c(OC)c2)cc1. The number of nitrogens with one attached hydrogen (secondary N) is 3. The Labute approximate surface area is 214 Å². The number of aryl methyl sites for hydroxylation is 2. The van der Waals surface area contributed by atoms with E-state index in [1.54, 1.807) is 42.5 Å². The second kappa shape index (κ2) is 12.7. The first-order valence-electron chi connectivity index (χ1n) is 11.3. The van der Waals surface area contributed by atoms with Crippen molar-refractivity contribution >= 4 is 35.3 Å². The van der Waals surface area contributed by atoms with Crippen LogP contribution < -0.4 is 30.3 Å². The third-order valence-corrected chi connectivity index (χ3v) is 5.23. The van der Waals surface area contributed by atoms with Gasteiger partial charge in [0.25, 0.3) is 5.91 Å². The minimum atomic E-state index is -0.936. The van der Waals surface area contributed by atoms with Crippen LogP contribution in [0.25, 0.3) is 0 Å². The number of rotatable bonds is 9. The number of carbonyl (C=O) groups is 3. The van der Waals surface area contributed by atoms with E-state index >= 15 is 0 Å². The summed E-state index contributed by atoms with van der Waals surface area (Å²) in [5.74, 6) is -0.761.